The highest BCUT2D eigenvalue weighted by Gasteiger charge is 2.26. The zero-order valence-electron chi connectivity index (χ0n) is 9.60. The van der Waals surface area contributed by atoms with E-state index in [1.165, 1.54) is 0 Å². The molecular weight excluding hydrogens is 216 g/mol. The molecule has 1 amide bonds. The van der Waals surface area contributed by atoms with E-state index in [1.54, 1.807) is 18.2 Å². The number of carbonyl (C=O) groups is 1. The second-order valence-electron chi connectivity index (χ2n) is 4.05. The van der Waals surface area contributed by atoms with Crippen molar-refractivity contribution in [1.29, 1.82) is 5.26 Å². The second kappa shape index (κ2) is 4.34. The van der Waals surface area contributed by atoms with Crippen molar-refractivity contribution in [3.63, 3.8) is 0 Å². The van der Waals surface area contributed by atoms with E-state index >= 15 is 0 Å². The van der Waals surface area contributed by atoms with Gasteiger partial charge >= 0.3 is 0 Å². The SMILES string of the molecule is CC1C(=O)NCCN1c1cc(C#N)ccc1N. The summed E-state index contributed by atoms with van der Waals surface area (Å²) in [6.45, 7) is 3.12. The number of nitrogen functional groups attached to an aromatic ring is 1. The van der Waals surface area contributed by atoms with Crippen LogP contribution in [0.15, 0.2) is 18.2 Å². The van der Waals surface area contributed by atoms with Crippen LogP contribution in [0, 0.1) is 11.3 Å². The van der Waals surface area contributed by atoms with Crippen molar-refractivity contribution in [2.24, 2.45) is 0 Å². The molecule has 1 saturated heterocycles. The Hall–Kier alpha value is -2.22. The molecule has 0 saturated carbocycles. The molecule has 0 aromatic heterocycles. The Morgan fingerprint density at radius 1 is 1.59 bits per heavy atom. The summed E-state index contributed by atoms with van der Waals surface area (Å²) in [5.41, 5.74) is 7.79. The number of carbonyl (C=O) groups excluding carboxylic acids is 1. The first-order valence-corrected chi connectivity index (χ1v) is 5.47. The summed E-state index contributed by atoms with van der Waals surface area (Å²) in [7, 11) is 0. The van der Waals surface area contributed by atoms with Gasteiger partial charge < -0.3 is 16.0 Å². The molecule has 17 heavy (non-hydrogen) atoms. The van der Waals surface area contributed by atoms with Gasteiger partial charge in [-0.05, 0) is 25.1 Å². The lowest BCUT2D eigenvalue weighted by molar-refractivity contribution is -0.122. The van der Waals surface area contributed by atoms with Crippen LogP contribution >= 0.6 is 0 Å². The number of anilines is 2. The van der Waals surface area contributed by atoms with Crippen molar-refractivity contribution < 1.29 is 4.79 Å². The van der Waals surface area contributed by atoms with Gasteiger partial charge in [0.25, 0.3) is 0 Å². The smallest absolute Gasteiger partial charge is 0.242 e. The maximum Gasteiger partial charge on any atom is 0.242 e. The molecule has 0 spiro atoms. The summed E-state index contributed by atoms with van der Waals surface area (Å²) in [6.07, 6.45) is 0. The lowest BCUT2D eigenvalue weighted by Crippen LogP contribution is -2.54. The van der Waals surface area contributed by atoms with Gasteiger partial charge in [0, 0.05) is 13.1 Å². The number of piperazine rings is 1. The minimum Gasteiger partial charge on any atom is -0.397 e. The molecule has 1 fully saturated rings. The zero-order valence-corrected chi connectivity index (χ0v) is 9.60. The van der Waals surface area contributed by atoms with Crippen LogP contribution in [-0.4, -0.2) is 25.0 Å². The number of nitrogens with one attached hydrogen (secondary N) is 1. The van der Waals surface area contributed by atoms with Gasteiger partial charge in [-0.15, -0.1) is 0 Å². The summed E-state index contributed by atoms with van der Waals surface area (Å²) >= 11 is 0. The van der Waals surface area contributed by atoms with Crippen LogP contribution in [0.25, 0.3) is 0 Å². The Morgan fingerprint density at radius 3 is 3.06 bits per heavy atom. The second-order valence-corrected chi connectivity index (χ2v) is 4.05. The number of benzene rings is 1. The van der Waals surface area contributed by atoms with E-state index in [0.29, 0.717) is 24.3 Å². The summed E-state index contributed by atoms with van der Waals surface area (Å²) in [4.78, 5) is 13.5. The van der Waals surface area contributed by atoms with Gasteiger partial charge in [-0.25, -0.2) is 0 Å². The first-order valence-electron chi connectivity index (χ1n) is 5.47. The highest BCUT2D eigenvalue weighted by Crippen LogP contribution is 2.27. The Bertz CT molecular complexity index is 492. The number of nitrogens with zero attached hydrogens (tertiary/aromatic N) is 2. The van der Waals surface area contributed by atoms with Gasteiger partial charge in [-0.3, -0.25) is 4.79 Å². The molecule has 1 heterocycles. The molecule has 2 rings (SSSR count). The van der Waals surface area contributed by atoms with Crippen LogP contribution in [0.4, 0.5) is 11.4 Å². The van der Waals surface area contributed by atoms with E-state index < -0.39 is 0 Å². The van der Waals surface area contributed by atoms with Gasteiger partial charge in [-0.2, -0.15) is 5.26 Å². The largest absolute Gasteiger partial charge is 0.397 e. The highest BCUT2D eigenvalue weighted by molar-refractivity contribution is 5.87. The van der Waals surface area contributed by atoms with Crippen molar-refractivity contribution in [2.75, 3.05) is 23.7 Å². The van der Waals surface area contributed by atoms with Crippen LogP contribution in [0.2, 0.25) is 0 Å². The predicted molar refractivity (Wildman–Crippen MR) is 65.4 cm³/mol. The van der Waals surface area contributed by atoms with Gasteiger partial charge in [0.15, 0.2) is 0 Å². The first kappa shape index (κ1) is 11.3. The minimum absolute atomic E-state index is 0.0157. The molecule has 0 bridgehead atoms. The van der Waals surface area contributed by atoms with Crippen molar-refractivity contribution in [3.8, 4) is 6.07 Å². The van der Waals surface area contributed by atoms with Crippen LogP contribution in [0.3, 0.4) is 0 Å². The topological polar surface area (TPSA) is 82.2 Å². The normalized spacial score (nSPS) is 19.6. The van der Waals surface area contributed by atoms with Crippen molar-refractivity contribution >= 4 is 17.3 Å². The van der Waals surface area contributed by atoms with Gasteiger partial charge in [0.1, 0.15) is 6.04 Å². The maximum absolute atomic E-state index is 11.6. The molecule has 3 N–H and O–H groups in total. The average molecular weight is 230 g/mol. The monoisotopic (exact) mass is 230 g/mol. The van der Waals surface area contributed by atoms with Crippen LogP contribution in [0.5, 0.6) is 0 Å². The Morgan fingerprint density at radius 2 is 2.35 bits per heavy atom. The highest BCUT2D eigenvalue weighted by atomic mass is 16.2. The zero-order chi connectivity index (χ0) is 12.4. The minimum atomic E-state index is -0.264. The molecule has 0 aliphatic carbocycles. The third-order valence-electron chi connectivity index (χ3n) is 2.97. The number of nitriles is 1. The number of nitrogens with two attached hydrogens (primary N) is 1. The molecule has 1 atom stereocenters. The molecule has 1 aliphatic rings. The predicted octanol–water partition coefficient (Wildman–Crippen LogP) is 0.465. The number of hydrogen-bond donors (Lipinski definition) is 2. The van der Waals surface area contributed by atoms with Crippen LogP contribution in [0.1, 0.15) is 12.5 Å². The summed E-state index contributed by atoms with van der Waals surface area (Å²) in [5, 5.41) is 11.7. The van der Waals surface area contributed by atoms with E-state index in [2.05, 4.69) is 11.4 Å². The van der Waals surface area contributed by atoms with Gasteiger partial charge in [0.2, 0.25) is 5.91 Å². The molecule has 88 valence electrons. The van der Waals surface area contributed by atoms with Crippen LogP contribution in [-0.2, 0) is 4.79 Å². The summed E-state index contributed by atoms with van der Waals surface area (Å²) < 4.78 is 0. The summed E-state index contributed by atoms with van der Waals surface area (Å²) in [5.74, 6) is -0.0157. The van der Waals surface area contributed by atoms with E-state index in [-0.39, 0.29) is 11.9 Å². The lowest BCUT2D eigenvalue weighted by Gasteiger charge is -2.35. The molecule has 1 aromatic carbocycles. The number of amides is 1. The van der Waals surface area contributed by atoms with E-state index in [9.17, 15) is 4.79 Å². The standard InChI is InChI=1S/C12H14N4O/c1-8-12(17)15-4-5-16(8)11-6-9(7-13)2-3-10(11)14/h2-3,6,8H,4-5,14H2,1H3,(H,15,17). The Balaban J connectivity index is 2.39. The summed E-state index contributed by atoms with van der Waals surface area (Å²) in [6, 6.07) is 6.92. The quantitative estimate of drug-likeness (QED) is 0.687. The third kappa shape index (κ3) is 2.02. The van der Waals surface area contributed by atoms with E-state index in [4.69, 9.17) is 11.0 Å². The fourth-order valence-corrected chi connectivity index (χ4v) is 1.97. The number of rotatable bonds is 1. The average Bonchev–Trinajstić information content (AvgIpc) is 2.34. The van der Waals surface area contributed by atoms with E-state index in [1.807, 2.05) is 11.8 Å². The third-order valence-corrected chi connectivity index (χ3v) is 2.97. The number of hydrogen-bond acceptors (Lipinski definition) is 4. The molecule has 0 radical (unpaired) electrons. The molecule has 5 heteroatoms. The maximum atomic E-state index is 11.6. The molecule has 1 aromatic rings. The Labute approximate surface area is 99.8 Å². The van der Waals surface area contributed by atoms with Gasteiger partial charge in [0.05, 0.1) is 23.0 Å². The Kier molecular flexibility index (Phi) is 2.88. The van der Waals surface area contributed by atoms with E-state index in [0.717, 1.165) is 5.69 Å². The molecular formula is C12H14N4O. The fourth-order valence-electron chi connectivity index (χ4n) is 1.97. The fraction of sp³-hybridized carbons (Fsp3) is 0.333. The van der Waals surface area contributed by atoms with Crippen LogP contribution < -0.4 is 16.0 Å². The van der Waals surface area contributed by atoms with Crippen molar-refractivity contribution in [1.82, 2.24) is 5.32 Å². The molecule has 5 nitrogen and oxygen atoms in total. The first-order chi connectivity index (χ1) is 8.13. The van der Waals surface area contributed by atoms with Gasteiger partial charge in [-0.1, -0.05) is 0 Å². The lowest BCUT2D eigenvalue weighted by atomic mass is 10.1. The molecule has 1 unspecified atom stereocenters. The molecule has 1 aliphatic heterocycles. The van der Waals surface area contributed by atoms with Crippen molar-refractivity contribution in [3.05, 3.63) is 23.8 Å². The van der Waals surface area contributed by atoms with Crippen molar-refractivity contribution in [2.45, 2.75) is 13.0 Å².